The highest BCUT2D eigenvalue weighted by molar-refractivity contribution is 7.00. The van der Waals surface area contributed by atoms with Crippen LogP contribution < -0.4 is 26.2 Å². The Morgan fingerprint density at radius 1 is 0.323 bits per heavy atom. The maximum Gasteiger partial charge on any atom is 0.252 e. The number of fused-ring (bicyclic) bond motifs is 7. The van der Waals surface area contributed by atoms with Crippen LogP contribution >= 0.6 is 0 Å². The number of hydrogen-bond donors (Lipinski definition) is 0. The highest BCUT2D eigenvalue weighted by Crippen LogP contribution is 2.50. The summed E-state index contributed by atoms with van der Waals surface area (Å²) in [6, 6.07) is 64.4. The van der Waals surface area contributed by atoms with E-state index in [2.05, 4.69) is 303 Å². The zero-order chi connectivity index (χ0) is 72.4. The number of hydrogen-bond acceptors (Lipinski definition) is 2. The second-order valence-electron chi connectivity index (χ2n) is 31.6. The quantitative estimate of drug-likeness (QED) is 0.141. The molecule has 2 aliphatic heterocycles. The first-order valence-electron chi connectivity index (χ1n) is 37.2. The van der Waals surface area contributed by atoms with E-state index in [1.165, 1.54) is 33.4 Å². The summed E-state index contributed by atoms with van der Waals surface area (Å²) in [5.41, 5.74) is 24.9. The smallest absolute Gasteiger partial charge is 0.252 e. The Morgan fingerprint density at radius 3 is 1.17 bits per heavy atom. The Kier molecular flexibility index (Phi) is 12.6. The van der Waals surface area contributed by atoms with Crippen molar-refractivity contribution in [2.24, 2.45) is 0 Å². The van der Waals surface area contributed by atoms with E-state index in [1.807, 2.05) is 6.07 Å². The van der Waals surface area contributed by atoms with Gasteiger partial charge in [0.1, 0.15) is 0 Å². The van der Waals surface area contributed by atoms with Crippen LogP contribution in [0.15, 0.2) is 230 Å². The second kappa shape index (κ2) is 22.3. The number of aromatic nitrogens is 1. The minimum absolute atomic E-state index is 0.0291. The van der Waals surface area contributed by atoms with E-state index in [0.717, 1.165) is 95.0 Å². The van der Waals surface area contributed by atoms with Gasteiger partial charge >= 0.3 is 0 Å². The van der Waals surface area contributed by atoms with E-state index in [-0.39, 0.29) is 79.0 Å². The van der Waals surface area contributed by atoms with E-state index in [9.17, 15) is 5.48 Å². The fourth-order valence-corrected chi connectivity index (χ4v) is 13.9. The Balaban J connectivity index is 1.13. The standard InChI is InChI=1S/C89H90BN3/c1-56(2)61-41-62(43-66(42-61)85(3,4)5)58-29-25-32-72(48-58)93-81-55-73(91-78-35-23-21-33-74(78)75-34-22-24-36-79(75)91)38-40-77(81)90-76-39-37-60(64-46-69(88(12,13)14)54-70(47-64)89(15,16)17)50-80(76)92(82-51-65(52-83(93)84(82)90)57-27-19-18-20-28-57)71-31-26-30-59(49-71)63-44-67(86(6,7)8)53-68(45-63)87(9,10)11/h18-56H,1-17H3/i21D,22D,23D,24D,33D,34D,35D,36D. The summed E-state index contributed by atoms with van der Waals surface area (Å²) >= 11 is 0. The van der Waals surface area contributed by atoms with Gasteiger partial charge in [-0.25, -0.2) is 0 Å². The van der Waals surface area contributed by atoms with Crippen LogP contribution in [0, 0.1) is 0 Å². The predicted molar refractivity (Wildman–Crippen MR) is 404 cm³/mol. The molecule has 0 saturated heterocycles. The van der Waals surface area contributed by atoms with Crippen molar-refractivity contribution in [3.05, 3.63) is 264 Å². The van der Waals surface area contributed by atoms with Crippen LogP contribution in [0.1, 0.15) is 168 Å². The van der Waals surface area contributed by atoms with Crippen LogP contribution in [0.4, 0.5) is 34.1 Å². The van der Waals surface area contributed by atoms with Gasteiger partial charge in [-0.3, -0.25) is 0 Å². The van der Waals surface area contributed by atoms with E-state index in [1.54, 1.807) is 4.57 Å². The fraction of sp³-hybridized carbons (Fsp3) is 0.258. The van der Waals surface area contributed by atoms with Gasteiger partial charge in [0.05, 0.1) is 22.0 Å². The van der Waals surface area contributed by atoms with Gasteiger partial charge in [-0.2, -0.15) is 0 Å². The molecule has 0 saturated carbocycles. The van der Waals surface area contributed by atoms with Crippen LogP contribution in [0.2, 0.25) is 0 Å². The van der Waals surface area contributed by atoms with Crippen LogP contribution in [0.3, 0.4) is 0 Å². The molecule has 3 heterocycles. The van der Waals surface area contributed by atoms with E-state index in [0.29, 0.717) is 5.69 Å². The molecule has 0 spiro atoms. The molecule has 0 unspecified atom stereocenters. The summed E-state index contributed by atoms with van der Waals surface area (Å²) in [6.45, 7) is 38.4. The highest BCUT2D eigenvalue weighted by atomic mass is 15.2. The van der Waals surface area contributed by atoms with Crippen molar-refractivity contribution in [2.45, 2.75) is 151 Å². The van der Waals surface area contributed by atoms with Crippen molar-refractivity contribution in [1.82, 2.24) is 4.57 Å². The Labute approximate surface area is 566 Å². The minimum atomic E-state index is -0.485. The molecule has 11 aromatic carbocycles. The molecule has 0 aliphatic carbocycles. The SMILES string of the molecule is [2H]c1c([2H])c([2H])c2c(c1[2H])c1c([2H])c([2H])c([2H])c([2H])c1n2-c1ccc2c(c1)N(c1cccc(-c3cc(C(C)C)cc(C(C)(C)C)c3)c1)c1cc(-c3ccccc3)cc3c1B2c1ccc(-c2cc(C(C)(C)C)cc(C(C)(C)C)c2)cc1N3c1cccc(-c2cc(C(C)(C)C)cc(C(C)(C)C)c2)c1. The van der Waals surface area contributed by atoms with Crippen LogP contribution in [-0.2, 0) is 27.1 Å². The van der Waals surface area contributed by atoms with Crippen molar-refractivity contribution in [3.63, 3.8) is 0 Å². The summed E-state index contributed by atoms with van der Waals surface area (Å²) < 4.78 is 76.0. The van der Waals surface area contributed by atoms with Crippen LogP contribution in [0.25, 0.3) is 72.0 Å². The lowest BCUT2D eigenvalue weighted by Crippen LogP contribution is -2.61. The molecule has 12 aromatic rings. The van der Waals surface area contributed by atoms with Crippen LogP contribution in [-0.4, -0.2) is 11.3 Å². The summed E-state index contributed by atoms with van der Waals surface area (Å²) in [5, 5.41) is 0.0582. The molecule has 0 amide bonds. The summed E-state index contributed by atoms with van der Waals surface area (Å²) in [5.74, 6) is 0.270. The number of rotatable bonds is 8. The first-order chi connectivity index (χ1) is 47.4. The minimum Gasteiger partial charge on any atom is -0.311 e. The van der Waals surface area contributed by atoms with E-state index >= 15 is 0 Å². The lowest BCUT2D eigenvalue weighted by atomic mass is 9.33. The normalized spacial score (nSPS) is 14.7. The number of benzene rings is 11. The Hall–Kier alpha value is -9.12. The van der Waals surface area contributed by atoms with Gasteiger partial charge in [0.15, 0.2) is 0 Å². The first kappa shape index (κ1) is 52.4. The third-order valence-electron chi connectivity index (χ3n) is 19.5. The molecule has 4 heteroatoms. The molecule has 0 radical (unpaired) electrons. The number of nitrogens with zero attached hydrogens (tertiary/aromatic N) is 3. The second-order valence-corrected chi connectivity index (χ2v) is 31.6. The topological polar surface area (TPSA) is 11.4 Å². The zero-order valence-electron chi connectivity index (χ0n) is 65.3. The van der Waals surface area contributed by atoms with Gasteiger partial charge in [-0.15, -0.1) is 0 Å². The maximum atomic E-state index is 9.68. The van der Waals surface area contributed by atoms with Gasteiger partial charge in [-0.1, -0.05) is 281 Å². The van der Waals surface area contributed by atoms with E-state index in [4.69, 9.17) is 5.48 Å². The Morgan fingerprint density at radius 2 is 0.710 bits per heavy atom. The molecule has 1 aromatic heterocycles. The van der Waals surface area contributed by atoms with Crippen LogP contribution in [0.5, 0.6) is 0 Å². The van der Waals surface area contributed by atoms with Crippen molar-refractivity contribution in [1.29, 1.82) is 0 Å². The van der Waals surface area contributed by atoms with Crippen molar-refractivity contribution in [2.75, 3.05) is 9.80 Å². The highest BCUT2D eigenvalue weighted by Gasteiger charge is 2.44. The molecule has 0 bridgehead atoms. The third-order valence-corrected chi connectivity index (χ3v) is 19.5. The molecular weight excluding hydrogens is 1120 g/mol. The average Bonchev–Trinajstić information content (AvgIpc) is 1.02. The summed E-state index contributed by atoms with van der Waals surface area (Å²) in [7, 11) is 0. The van der Waals surface area contributed by atoms with Gasteiger partial charge < -0.3 is 14.4 Å². The molecule has 3 nitrogen and oxygen atoms in total. The maximum absolute atomic E-state index is 9.68. The number of para-hydroxylation sites is 2. The molecule has 0 atom stereocenters. The van der Waals surface area contributed by atoms with E-state index < -0.39 is 30.9 Å². The fourth-order valence-electron chi connectivity index (χ4n) is 13.9. The molecule has 93 heavy (non-hydrogen) atoms. The van der Waals surface area contributed by atoms with Gasteiger partial charge in [0.25, 0.3) is 6.71 Å². The Bertz CT molecular complexity index is 5280. The molecular formula is C89H90BN3. The van der Waals surface area contributed by atoms with Crippen molar-refractivity contribution < 1.29 is 11.0 Å². The largest absolute Gasteiger partial charge is 0.311 e. The summed E-state index contributed by atoms with van der Waals surface area (Å²) in [6.07, 6.45) is 0. The third kappa shape index (κ3) is 11.1. The molecule has 464 valence electrons. The molecule has 0 N–H and O–H groups in total. The monoisotopic (exact) mass is 1220 g/mol. The number of anilines is 6. The van der Waals surface area contributed by atoms with Gasteiger partial charge in [0, 0.05) is 50.6 Å². The lowest BCUT2D eigenvalue weighted by molar-refractivity contribution is 0.568. The molecule has 2 aliphatic rings. The van der Waals surface area contributed by atoms with Gasteiger partial charge in [-0.05, 0) is 194 Å². The lowest BCUT2D eigenvalue weighted by Gasteiger charge is -2.45. The first-order valence-corrected chi connectivity index (χ1v) is 33.2. The average molecular weight is 1220 g/mol. The molecule has 0 fully saturated rings. The molecule has 14 rings (SSSR count). The van der Waals surface area contributed by atoms with Gasteiger partial charge in [0.2, 0.25) is 0 Å². The van der Waals surface area contributed by atoms with Crippen molar-refractivity contribution >= 4 is 79.0 Å². The zero-order valence-corrected chi connectivity index (χ0v) is 57.3. The predicted octanol–water partition coefficient (Wildman–Crippen LogP) is 23.1. The van der Waals surface area contributed by atoms with Crippen molar-refractivity contribution in [3.8, 4) is 50.2 Å². The summed E-state index contributed by atoms with van der Waals surface area (Å²) in [4.78, 5) is 4.88.